The Morgan fingerprint density at radius 2 is 1.86 bits per heavy atom. The van der Waals surface area contributed by atoms with Gasteiger partial charge in [-0.15, -0.1) is 0 Å². The largest absolute Gasteiger partial charge is 0.324 e. The van der Waals surface area contributed by atoms with Crippen molar-refractivity contribution in [1.82, 2.24) is 0 Å². The summed E-state index contributed by atoms with van der Waals surface area (Å²) in [6.07, 6.45) is 0. The number of amides is 2. The number of nitrogen functional groups attached to an aromatic ring is 1. The van der Waals surface area contributed by atoms with Gasteiger partial charge in [0.05, 0.1) is 11.4 Å². The second kappa shape index (κ2) is 5.26. The molecule has 4 N–H and O–H groups in total. The number of nitrogens with two attached hydrogens (primary N) is 1. The molecule has 0 radical (unpaired) electrons. The predicted molar refractivity (Wildman–Crippen MR) is 81.0 cm³/mol. The number of benzene rings is 2. The van der Waals surface area contributed by atoms with Crippen molar-refractivity contribution in [2.24, 2.45) is 5.84 Å². The molecule has 0 saturated carbocycles. The Balaban J connectivity index is 1.95. The molecule has 2 aromatic rings. The number of hydrazine groups is 1. The van der Waals surface area contributed by atoms with E-state index >= 15 is 0 Å². The molecular formula is C15H14N4O2. The Morgan fingerprint density at radius 3 is 2.57 bits per heavy atom. The van der Waals surface area contributed by atoms with Crippen LogP contribution >= 0.6 is 0 Å². The summed E-state index contributed by atoms with van der Waals surface area (Å²) >= 11 is 0. The molecule has 3 rings (SSSR count). The lowest BCUT2D eigenvalue weighted by Gasteiger charge is -2.29. The highest BCUT2D eigenvalue weighted by atomic mass is 16.2. The number of nitrogens with zero attached hydrogens (tertiary/aromatic N) is 1. The normalized spacial score (nSPS) is 13.4. The molecular weight excluding hydrogens is 268 g/mol. The molecule has 106 valence electrons. The van der Waals surface area contributed by atoms with Crippen molar-refractivity contribution in [3.8, 4) is 0 Å². The molecule has 6 nitrogen and oxygen atoms in total. The number of fused-ring (bicyclic) bond motifs is 1. The SMILES string of the molecule is NNc1ccc(C(=O)N2CC(=O)Nc3ccccc32)cc1. The molecule has 0 unspecified atom stereocenters. The first kappa shape index (κ1) is 13.1. The third kappa shape index (κ3) is 2.44. The second-order valence-corrected chi connectivity index (χ2v) is 4.68. The Labute approximate surface area is 121 Å². The summed E-state index contributed by atoms with van der Waals surface area (Å²) < 4.78 is 0. The van der Waals surface area contributed by atoms with Crippen LogP contribution in [-0.2, 0) is 4.79 Å². The van der Waals surface area contributed by atoms with Gasteiger partial charge in [0.2, 0.25) is 5.91 Å². The summed E-state index contributed by atoms with van der Waals surface area (Å²) in [4.78, 5) is 25.8. The number of rotatable bonds is 2. The van der Waals surface area contributed by atoms with Gasteiger partial charge in [-0.2, -0.15) is 0 Å². The zero-order chi connectivity index (χ0) is 14.8. The highest BCUT2D eigenvalue weighted by Crippen LogP contribution is 2.30. The van der Waals surface area contributed by atoms with Crippen LogP contribution in [0.25, 0.3) is 0 Å². The third-order valence-electron chi connectivity index (χ3n) is 3.31. The number of anilines is 3. The van der Waals surface area contributed by atoms with E-state index in [0.29, 0.717) is 22.6 Å². The van der Waals surface area contributed by atoms with Crippen molar-refractivity contribution >= 4 is 28.9 Å². The molecule has 2 amide bonds. The number of para-hydroxylation sites is 2. The van der Waals surface area contributed by atoms with Crippen molar-refractivity contribution < 1.29 is 9.59 Å². The molecule has 0 saturated heterocycles. The standard InChI is InChI=1S/C15H14N4O2/c16-18-11-7-5-10(6-8-11)15(21)19-9-14(20)17-12-3-1-2-4-13(12)19/h1-8,18H,9,16H2,(H,17,20). The van der Waals surface area contributed by atoms with Gasteiger partial charge in [-0.05, 0) is 36.4 Å². The van der Waals surface area contributed by atoms with E-state index in [1.54, 1.807) is 30.3 Å². The number of hydrogen-bond donors (Lipinski definition) is 3. The Morgan fingerprint density at radius 1 is 1.14 bits per heavy atom. The van der Waals surface area contributed by atoms with Gasteiger partial charge in [-0.3, -0.25) is 20.3 Å². The molecule has 1 aliphatic rings. The maximum Gasteiger partial charge on any atom is 0.258 e. The minimum atomic E-state index is -0.221. The topological polar surface area (TPSA) is 87.5 Å². The van der Waals surface area contributed by atoms with E-state index < -0.39 is 0 Å². The average Bonchev–Trinajstić information content (AvgIpc) is 2.53. The Hall–Kier alpha value is -2.86. The van der Waals surface area contributed by atoms with Crippen LogP contribution in [0.1, 0.15) is 10.4 Å². The molecule has 2 aromatic carbocycles. The van der Waals surface area contributed by atoms with Crippen LogP contribution in [0.4, 0.5) is 17.1 Å². The van der Waals surface area contributed by atoms with Crippen molar-refractivity contribution in [2.45, 2.75) is 0 Å². The van der Waals surface area contributed by atoms with Crippen LogP contribution < -0.4 is 21.5 Å². The minimum absolute atomic E-state index is 0.00668. The summed E-state index contributed by atoms with van der Waals surface area (Å²) in [7, 11) is 0. The Kier molecular flexibility index (Phi) is 3.29. The maximum absolute atomic E-state index is 12.6. The highest BCUT2D eigenvalue weighted by Gasteiger charge is 2.27. The number of hydrogen-bond acceptors (Lipinski definition) is 4. The molecule has 21 heavy (non-hydrogen) atoms. The molecule has 1 heterocycles. The minimum Gasteiger partial charge on any atom is -0.324 e. The number of carbonyl (C=O) groups excluding carboxylic acids is 2. The van der Waals surface area contributed by atoms with E-state index in [9.17, 15) is 9.59 Å². The lowest BCUT2D eigenvalue weighted by atomic mass is 10.1. The van der Waals surface area contributed by atoms with E-state index in [1.165, 1.54) is 4.90 Å². The lowest BCUT2D eigenvalue weighted by Crippen LogP contribution is -2.42. The Bertz CT molecular complexity index is 697. The summed E-state index contributed by atoms with van der Waals surface area (Å²) in [5, 5.41) is 2.76. The van der Waals surface area contributed by atoms with E-state index in [2.05, 4.69) is 10.7 Å². The van der Waals surface area contributed by atoms with Crippen molar-refractivity contribution in [3.05, 3.63) is 54.1 Å². The van der Waals surface area contributed by atoms with E-state index in [-0.39, 0.29) is 18.4 Å². The molecule has 0 bridgehead atoms. The van der Waals surface area contributed by atoms with Crippen LogP contribution in [0, 0.1) is 0 Å². The van der Waals surface area contributed by atoms with Gasteiger partial charge in [-0.1, -0.05) is 12.1 Å². The fourth-order valence-electron chi connectivity index (χ4n) is 2.28. The smallest absolute Gasteiger partial charge is 0.258 e. The maximum atomic E-state index is 12.6. The molecule has 0 fully saturated rings. The number of nitrogens with one attached hydrogen (secondary N) is 2. The van der Waals surface area contributed by atoms with E-state index in [1.807, 2.05) is 18.2 Å². The van der Waals surface area contributed by atoms with Crippen LogP contribution in [0.5, 0.6) is 0 Å². The predicted octanol–water partition coefficient (Wildman–Crippen LogP) is 1.57. The molecule has 0 aromatic heterocycles. The van der Waals surface area contributed by atoms with Crippen LogP contribution in [-0.4, -0.2) is 18.4 Å². The van der Waals surface area contributed by atoms with Crippen molar-refractivity contribution in [3.63, 3.8) is 0 Å². The van der Waals surface area contributed by atoms with Crippen molar-refractivity contribution in [1.29, 1.82) is 0 Å². The van der Waals surface area contributed by atoms with Gasteiger partial charge in [0.1, 0.15) is 6.54 Å². The molecule has 0 atom stereocenters. The van der Waals surface area contributed by atoms with E-state index in [0.717, 1.165) is 0 Å². The third-order valence-corrected chi connectivity index (χ3v) is 3.31. The van der Waals surface area contributed by atoms with E-state index in [4.69, 9.17) is 5.84 Å². The monoisotopic (exact) mass is 282 g/mol. The molecule has 6 heteroatoms. The van der Waals surface area contributed by atoms with Crippen LogP contribution in [0.2, 0.25) is 0 Å². The van der Waals surface area contributed by atoms with Gasteiger partial charge in [0, 0.05) is 11.3 Å². The van der Waals surface area contributed by atoms with Crippen molar-refractivity contribution in [2.75, 3.05) is 22.2 Å². The summed E-state index contributed by atoms with van der Waals surface area (Å²) in [5.41, 5.74) is 5.05. The van der Waals surface area contributed by atoms with Gasteiger partial charge < -0.3 is 10.7 Å². The molecule has 1 aliphatic heterocycles. The molecule has 0 spiro atoms. The zero-order valence-corrected chi connectivity index (χ0v) is 11.2. The molecule has 0 aliphatic carbocycles. The summed E-state index contributed by atoms with van der Waals surface area (Å²) in [5.74, 6) is 4.87. The van der Waals surface area contributed by atoms with Gasteiger partial charge >= 0.3 is 0 Å². The van der Waals surface area contributed by atoms with Gasteiger partial charge in [0.25, 0.3) is 5.91 Å². The summed E-state index contributed by atoms with van der Waals surface area (Å²) in [6.45, 7) is 0.00668. The van der Waals surface area contributed by atoms with Gasteiger partial charge in [0.15, 0.2) is 0 Å². The number of carbonyl (C=O) groups is 2. The first-order valence-corrected chi connectivity index (χ1v) is 6.46. The quantitative estimate of drug-likeness (QED) is 0.576. The lowest BCUT2D eigenvalue weighted by molar-refractivity contribution is -0.115. The fourth-order valence-corrected chi connectivity index (χ4v) is 2.28. The first-order chi connectivity index (χ1) is 10.2. The fraction of sp³-hybridized carbons (Fsp3) is 0.0667. The van der Waals surface area contributed by atoms with Gasteiger partial charge in [-0.25, -0.2) is 0 Å². The highest BCUT2D eigenvalue weighted by molar-refractivity contribution is 6.15. The van der Waals surface area contributed by atoms with Crippen LogP contribution in [0.3, 0.4) is 0 Å². The van der Waals surface area contributed by atoms with Crippen LogP contribution in [0.15, 0.2) is 48.5 Å². The zero-order valence-electron chi connectivity index (χ0n) is 11.2. The summed E-state index contributed by atoms with van der Waals surface area (Å²) in [6, 6.07) is 14.0. The average molecular weight is 282 g/mol. The first-order valence-electron chi connectivity index (χ1n) is 6.46. The second-order valence-electron chi connectivity index (χ2n) is 4.68.